The van der Waals surface area contributed by atoms with Crippen molar-refractivity contribution < 1.29 is 32.5 Å². The maximum Gasteiger partial charge on any atom is 0.573 e. The van der Waals surface area contributed by atoms with Gasteiger partial charge in [-0.25, -0.2) is 9.36 Å². The van der Waals surface area contributed by atoms with Gasteiger partial charge in [-0.05, 0) is 67.1 Å². The van der Waals surface area contributed by atoms with Crippen LogP contribution in [-0.2, 0) is 6.54 Å². The van der Waals surface area contributed by atoms with Crippen molar-refractivity contribution >= 4 is 11.6 Å². The van der Waals surface area contributed by atoms with Crippen LogP contribution in [0.15, 0.2) is 71.8 Å². The number of nitrogens with one attached hydrogen (secondary N) is 1. The maximum absolute atomic E-state index is 13.2. The van der Waals surface area contributed by atoms with Crippen LogP contribution in [-0.4, -0.2) is 38.6 Å². The summed E-state index contributed by atoms with van der Waals surface area (Å²) < 4.78 is 48.5. The molecule has 12 heteroatoms. The van der Waals surface area contributed by atoms with E-state index in [0.717, 1.165) is 16.7 Å². The predicted molar refractivity (Wildman–Crippen MR) is 127 cm³/mol. The predicted octanol–water partition coefficient (Wildman–Crippen LogP) is 4.26. The number of hydrogen-bond donors (Lipinski definition) is 2. The molecule has 4 rings (SSSR count). The number of imidazole rings is 1. The van der Waals surface area contributed by atoms with Gasteiger partial charge in [-0.15, -0.1) is 13.2 Å². The average Bonchev–Trinajstić information content (AvgIpc) is 3.07. The van der Waals surface area contributed by atoms with E-state index in [9.17, 15) is 27.9 Å². The first-order valence-corrected chi connectivity index (χ1v) is 10.8. The average molecular weight is 514 g/mol. The molecule has 4 aromatic rings. The Labute approximate surface area is 208 Å². The summed E-state index contributed by atoms with van der Waals surface area (Å²) in [6, 6.07) is 12.6. The fraction of sp³-hybridized carbons (Fsp3) is 0.160. The number of aromatic hydroxyl groups is 1. The van der Waals surface area contributed by atoms with Crippen molar-refractivity contribution in [3.05, 3.63) is 94.3 Å². The van der Waals surface area contributed by atoms with Gasteiger partial charge in [0, 0.05) is 11.8 Å². The largest absolute Gasteiger partial charge is 0.573 e. The van der Waals surface area contributed by atoms with Gasteiger partial charge in [0.15, 0.2) is 0 Å². The third-order valence-electron chi connectivity index (χ3n) is 5.53. The first kappa shape index (κ1) is 25.4. The highest BCUT2D eigenvalue weighted by atomic mass is 19.4. The van der Waals surface area contributed by atoms with Gasteiger partial charge < -0.3 is 19.9 Å². The number of aromatic nitrogens is 3. The third kappa shape index (κ3) is 5.58. The van der Waals surface area contributed by atoms with Crippen molar-refractivity contribution in [2.24, 2.45) is 0 Å². The Morgan fingerprint density at radius 2 is 1.70 bits per heavy atom. The fourth-order valence-electron chi connectivity index (χ4n) is 3.63. The molecule has 0 saturated heterocycles. The number of halogens is 3. The molecule has 0 bridgehead atoms. The van der Waals surface area contributed by atoms with E-state index < -0.39 is 23.7 Å². The number of alkyl halides is 3. The maximum atomic E-state index is 13.2. The molecule has 2 heterocycles. The molecule has 37 heavy (non-hydrogen) atoms. The van der Waals surface area contributed by atoms with Crippen LogP contribution in [0.4, 0.5) is 18.9 Å². The number of hydrogen-bond acceptors (Lipinski definition) is 6. The van der Waals surface area contributed by atoms with Crippen LogP contribution in [0.2, 0.25) is 0 Å². The fourth-order valence-corrected chi connectivity index (χ4v) is 3.63. The van der Waals surface area contributed by atoms with Gasteiger partial charge in [-0.1, -0.05) is 0 Å². The zero-order valence-electron chi connectivity index (χ0n) is 19.6. The Morgan fingerprint density at radius 3 is 2.32 bits per heavy atom. The molecule has 0 atom stereocenters. The van der Waals surface area contributed by atoms with Gasteiger partial charge in [0.25, 0.3) is 5.91 Å². The lowest BCUT2D eigenvalue weighted by Crippen LogP contribution is -2.25. The quantitative estimate of drug-likeness (QED) is 0.382. The number of benzene rings is 2. The van der Waals surface area contributed by atoms with Crippen molar-refractivity contribution in [3.8, 4) is 23.1 Å². The molecule has 0 saturated carbocycles. The van der Waals surface area contributed by atoms with Gasteiger partial charge in [-0.2, -0.15) is 0 Å². The van der Waals surface area contributed by atoms with Gasteiger partial charge in [0.05, 0.1) is 36.9 Å². The lowest BCUT2D eigenvalue weighted by molar-refractivity contribution is -0.274. The zero-order valence-corrected chi connectivity index (χ0v) is 19.6. The van der Waals surface area contributed by atoms with Gasteiger partial charge in [0.2, 0.25) is 5.88 Å². The molecular weight excluding hydrogens is 493 g/mol. The molecule has 192 valence electrons. The minimum Gasteiger partial charge on any atom is -0.497 e. The SMILES string of the molecule is COc1ccc(C(=O)Nc2cnccc2Cn2c(C)c(O)n(-c3ccc(OC(F)(F)F)cc3)c2=O)cc1. The summed E-state index contributed by atoms with van der Waals surface area (Å²) in [5, 5.41) is 13.4. The molecule has 0 aliphatic heterocycles. The molecule has 0 aliphatic rings. The lowest BCUT2D eigenvalue weighted by Gasteiger charge is -2.12. The Balaban J connectivity index is 1.61. The minimum absolute atomic E-state index is 0.0265. The number of pyridine rings is 1. The Morgan fingerprint density at radius 1 is 1.05 bits per heavy atom. The number of anilines is 1. The Kier molecular flexibility index (Phi) is 6.92. The topological polar surface area (TPSA) is 108 Å². The highest BCUT2D eigenvalue weighted by molar-refractivity contribution is 6.04. The second-order valence-electron chi connectivity index (χ2n) is 7.87. The van der Waals surface area contributed by atoms with E-state index in [1.54, 1.807) is 30.3 Å². The number of amides is 1. The first-order chi connectivity index (χ1) is 17.6. The second kappa shape index (κ2) is 10.1. The van der Waals surface area contributed by atoms with Crippen LogP contribution in [0.3, 0.4) is 0 Å². The molecule has 0 unspecified atom stereocenters. The number of methoxy groups -OCH3 is 1. The molecule has 0 aliphatic carbocycles. The standard InChI is InChI=1S/C25H21F3N4O5/c1-15-23(34)32(18-5-9-20(10-6-18)37-25(26,27)28)24(35)31(15)14-17-11-12-29-13-21(17)30-22(33)16-3-7-19(36-2)8-4-16/h3-13,34H,14H2,1-2H3,(H,30,33). The number of carbonyl (C=O) groups is 1. The van der Waals surface area contributed by atoms with Crippen molar-refractivity contribution in [1.82, 2.24) is 14.1 Å². The number of ether oxygens (including phenoxy) is 2. The van der Waals surface area contributed by atoms with Crippen LogP contribution >= 0.6 is 0 Å². The first-order valence-electron chi connectivity index (χ1n) is 10.8. The zero-order chi connectivity index (χ0) is 26.7. The van der Waals surface area contributed by atoms with E-state index in [0.29, 0.717) is 22.6 Å². The third-order valence-corrected chi connectivity index (χ3v) is 5.53. The number of rotatable bonds is 7. The monoisotopic (exact) mass is 514 g/mol. The molecule has 1 amide bonds. The summed E-state index contributed by atoms with van der Waals surface area (Å²) in [6.07, 6.45) is -1.92. The summed E-state index contributed by atoms with van der Waals surface area (Å²) in [5.41, 5.74) is 0.990. The highest BCUT2D eigenvalue weighted by Crippen LogP contribution is 2.26. The highest BCUT2D eigenvalue weighted by Gasteiger charge is 2.31. The molecule has 2 N–H and O–H groups in total. The van der Waals surface area contributed by atoms with Crippen LogP contribution in [0, 0.1) is 6.92 Å². The Hall–Kier alpha value is -4.74. The van der Waals surface area contributed by atoms with E-state index in [1.807, 2.05) is 0 Å². The van der Waals surface area contributed by atoms with Crippen LogP contribution in [0.5, 0.6) is 17.4 Å². The smallest absolute Gasteiger partial charge is 0.497 e. The summed E-state index contributed by atoms with van der Waals surface area (Å²) >= 11 is 0. The van der Waals surface area contributed by atoms with Gasteiger partial charge in [0.1, 0.15) is 11.5 Å². The van der Waals surface area contributed by atoms with E-state index in [4.69, 9.17) is 4.74 Å². The van der Waals surface area contributed by atoms with Crippen LogP contribution < -0.4 is 20.5 Å². The molecule has 0 radical (unpaired) electrons. The minimum atomic E-state index is -4.86. The molecule has 2 aromatic heterocycles. The summed E-state index contributed by atoms with van der Waals surface area (Å²) in [4.78, 5) is 30.0. The van der Waals surface area contributed by atoms with Crippen molar-refractivity contribution in [3.63, 3.8) is 0 Å². The van der Waals surface area contributed by atoms with Crippen molar-refractivity contribution in [1.29, 1.82) is 0 Å². The van der Waals surface area contributed by atoms with Crippen molar-refractivity contribution in [2.45, 2.75) is 19.8 Å². The van der Waals surface area contributed by atoms with Crippen LogP contribution in [0.25, 0.3) is 5.69 Å². The lowest BCUT2D eigenvalue weighted by atomic mass is 10.1. The molecule has 9 nitrogen and oxygen atoms in total. The summed E-state index contributed by atoms with van der Waals surface area (Å²) in [5.74, 6) is -0.649. The normalized spacial score (nSPS) is 11.3. The van der Waals surface area contributed by atoms with E-state index >= 15 is 0 Å². The summed E-state index contributed by atoms with van der Waals surface area (Å²) in [7, 11) is 1.52. The summed E-state index contributed by atoms with van der Waals surface area (Å²) in [6.45, 7) is 1.49. The van der Waals surface area contributed by atoms with E-state index in [1.165, 1.54) is 43.1 Å². The van der Waals surface area contributed by atoms with Gasteiger partial charge >= 0.3 is 12.1 Å². The molecule has 2 aromatic carbocycles. The van der Waals surface area contributed by atoms with E-state index in [-0.39, 0.29) is 23.8 Å². The molecule has 0 spiro atoms. The Bertz CT molecular complexity index is 1480. The molecule has 0 fully saturated rings. The van der Waals surface area contributed by atoms with E-state index in [2.05, 4.69) is 15.0 Å². The second-order valence-corrected chi connectivity index (χ2v) is 7.87. The van der Waals surface area contributed by atoms with Crippen molar-refractivity contribution in [2.75, 3.05) is 12.4 Å². The van der Waals surface area contributed by atoms with Crippen LogP contribution in [0.1, 0.15) is 21.6 Å². The molecular formula is C25H21F3N4O5. The number of nitrogens with zero attached hydrogens (tertiary/aromatic N) is 3. The van der Waals surface area contributed by atoms with Gasteiger partial charge in [-0.3, -0.25) is 14.3 Å². The number of carbonyl (C=O) groups excluding carboxylic acids is 1.